The minimum atomic E-state index is -1.05. The lowest BCUT2D eigenvalue weighted by molar-refractivity contribution is -0.139. The van der Waals surface area contributed by atoms with Crippen molar-refractivity contribution < 1.29 is 19.8 Å². The molecule has 0 spiro atoms. The lowest BCUT2D eigenvalue weighted by Gasteiger charge is -2.29. The Morgan fingerprint density at radius 2 is 1.94 bits per heavy atom. The zero-order valence-electron chi connectivity index (χ0n) is 20.3. The third-order valence-electron chi connectivity index (χ3n) is 5.94. The molecule has 0 saturated carbocycles. The van der Waals surface area contributed by atoms with Gasteiger partial charge in [0.15, 0.2) is 5.82 Å². The summed E-state index contributed by atoms with van der Waals surface area (Å²) < 4.78 is 1.70. The van der Waals surface area contributed by atoms with E-state index in [4.69, 9.17) is 5.11 Å². The summed E-state index contributed by atoms with van der Waals surface area (Å²) in [7, 11) is 0. The maximum atomic E-state index is 12.8. The Labute approximate surface area is 200 Å². The number of nitrogens with zero attached hydrogens (tertiary/aromatic N) is 5. The van der Waals surface area contributed by atoms with Gasteiger partial charge in [-0.1, -0.05) is 45.0 Å². The van der Waals surface area contributed by atoms with Gasteiger partial charge in [0.25, 0.3) is 0 Å². The minimum absolute atomic E-state index is 0.0489. The van der Waals surface area contributed by atoms with Crippen molar-refractivity contribution in [1.82, 2.24) is 30.4 Å². The van der Waals surface area contributed by atoms with Crippen LogP contribution in [0, 0.1) is 5.41 Å². The van der Waals surface area contributed by atoms with Crippen LogP contribution in [0.5, 0.6) is 0 Å². The molecule has 3 N–H and O–H groups in total. The van der Waals surface area contributed by atoms with Crippen LogP contribution in [0.15, 0.2) is 24.3 Å². The fourth-order valence-corrected chi connectivity index (χ4v) is 4.29. The molecule has 0 fully saturated rings. The molecule has 1 aromatic carbocycles. The van der Waals surface area contributed by atoms with E-state index in [0.717, 1.165) is 13.0 Å². The van der Waals surface area contributed by atoms with E-state index in [0.29, 0.717) is 38.2 Å². The summed E-state index contributed by atoms with van der Waals surface area (Å²) in [6, 6.07) is 7.99. The number of hydrogen-bond donors (Lipinski definition) is 3. The summed E-state index contributed by atoms with van der Waals surface area (Å²) in [5.41, 5.74) is 2.48. The Hall–Kier alpha value is -2.85. The third-order valence-corrected chi connectivity index (χ3v) is 5.94. The summed E-state index contributed by atoms with van der Waals surface area (Å²) in [5, 5.41) is 34.2. The second-order valence-electron chi connectivity index (χ2n) is 10.2. The second-order valence-corrected chi connectivity index (χ2v) is 10.2. The van der Waals surface area contributed by atoms with E-state index in [-0.39, 0.29) is 30.3 Å². The zero-order valence-corrected chi connectivity index (χ0v) is 20.3. The highest BCUT2D eigenvalue weighted by Gasteiger charge is 2.26. The van der Waals surface area contributed by atoms with Crippen molar-refractivity contribution in [2.75, 3.05) is 13.1 Å². The van der Waals surface area contributed by atoms with Gasteiger partial charge >= 0.3 is 5.97 Å². The number of fused-ring (bicyclic) bond motifs is 1. The van der Waals surface area contributed by atoms with Gasteiger partial charge in [0.1, 0.15) is 0 Å². The van der Waals surface area contributed by atoms with Crippen molar-refractivity contribution in [3.8, 4) is 0 Å². The monoisotopic (exact) mass is 472 g/mol. The van der Waals surface area contributed by atoms with E-state index in [1.165, 1.54) is 11.1 Å². The van der Waals surface area contributed by atoms with E-state index < -0.39 is 12.1 Å². The smallest absolute Gasteiger partial charge is 0.306 e. The molecule has 0 saturated heterocycles. The van der Waals surface area contributed by atoms with E-state index in [1.54, 1.807) is 4.68 Å². The number of carboxylic acid groups (broad SMARTS) is 1. The SMILES string of the molecule is CC(C)(C)CC(NCC(O)CC(=O)O)c1nnnn1CCCC(=O)N1CCc2ccccc2C1. The van der Waals surface area contributed by atoms with Crippen molar-refractivity contribution in [3.05, 3.63) is 41.2 Å². The fourth-order valence-electron chi connectivity index (χ4n) is 4.29. The van der Waals surface area contributed by atoms with Crippen LogP contribution < -0.4 is 5.32 Å². The minimum Gasteiger partial charge on any atom is -0.481 e. The molecule has 0 radical (unpaired) electrons. The number of carbonyl (C=O) groups excluding carboxylic acids is 1. The van der Waals surface area contributed by atoms with Crippen LogP contribution >= 0.6 is 0 Å². The van der Waals surface area contributed by atoms with Crippen molar-refractivity contribution in [3.63, 3.8) is 0 Å². The standard InChI is InChI=1S/C24H36N6O4/c1-24(2,3)14-20(25-15-19(31)13-22(33)34)23-26-27-28-30(23)11-6-9-21(32)29-12-10-17-7-4-5-8-18(17)16-29/h4-5,7-8,19-20,25,31H,6,9-16H2,1-3H3,(H,33,34). The van der Waals surface area contributed by atoms with Crippen molar-refractivity contribution >= 4 is 11.9 Å². The summed E-state index contributed by atoms with van der Waals surface area (Å²) in [6.07, 6.45) is 1.27. The first-order chi connectivity index (χ1) is 16.1. The second kappa shape index (κ2) is 11.5. The number of hydrogen-bond acceptors (Lipinski definition) is 7. The number of amides is 1. The van der Waals surface area contributed by atoms with Crippen LogP contribution in [0.3, 0.4) is 0 Å². The molecule has 2 aromatic rings. The van der Waals surface area contributed by atoms with Gasteiger partial charge in [0.2, 0.25) is 5.91 Å². The average Bonchev–Trinajstić information content (AvgIpc) is 3.23. The molecule has 10 nitrogen and oxygen atoms in total. The molecule has 34 heavy (non-hydrogen) atoms. The van der Waals surface area contributed by atoms with E-state index in [1.807, 2.05) is 17.0 Å². The largest absolute Gasteiger partial charge is 0.481 e. The summed E-state index contributed by atoms with van der Waals surface area (Å²) in [5.74, 6) is -0.296. The van der Waals surface area contributed by atoms with Crippen LogP contribution in [0.25, 0.3) is 0 Å². The number of aliphatic hydroxyl groups is 1. The topological polar surface area (TPSA) is 133 Å². The summed E-state index contributed by atoms with van der Waals surface area (Å²) in [4.78, 5) is 25.6. The fraction of sp³-hybridized carbons (Fsp3) is 0.625. The van der Waals surface area contributed by atoms with Crippen molar-refractivity contribution in [1.29, 1.82) is 0 Å². The Morgan fingerprint density at radius 1 is 1.21 bits per heavy atom. The Balaban J connectivity index is 1.57. The molecule has 10 heteroatoms. The Morgan fingerprint density at radius 3 is 2.65 bits per heavy atom. The molecule has 1 aliphatic heterocycles. The summed E-state index contributed by atoms with van der Waals surface area (Å²) >= 11 is 0. The number of carboxylic acids is 1. The first kappa shape index (κ1) is 25.8. The first-order valence-electron chi connectivity index (χ1n) is 11.9. The number of aryl methyl sites for hydroxylation is 1. The molecule has 2 heterocycles. The quantitative estimate of drug-likeness (QED) is 0.452. The van der Waals surface area contributed by atoms with Crippen LogP contribution in [0.4, 0.5) is 0 Å². The van der Waals surface area contributed by atoms with Gasteiger partial charge in [-0.05, 0) is 46.2 Å². The van der Waals surface area contributed by atoms with Gasteiger partial charge in [-0.2, -0.15) is 0 Å². The third kappa shape index (κ3) is 7.59. The molecule has 2 unspecified atom stereocenters. The average molecular weight is 473 g/mol. The van der Waals surface area contributed by atoms with E-state index >= 15 is 0 Å². The molecule has 1 aromatic heterocycles. The number of nitrogens with one attached hydrogen (secondary N) is 1. The maximum Gasteiger partial charge on any atom is 0.306 e. The van der Waals surface area contributed by atoms with E-state index in [2.05, 4.69) is 53.7 Å². The molecule has 0 aliphatic carbocycles. The molecule has 1 amide bonds. The Kier molecular flexibility index (Phi) is 8.73. The maximum absolute atomic E-state index is 12.8. The number of aromatic nitrogens is 4. The van der Waals surface area contributed by atoms with Gasteiger partial charge in [-0.25, -0.2) is 4.68 Å². The molecular formula is C24H36N6O4. The molecule has 186 valence electrons. The summed E-state index contributed by atoms with van der Waals surface area (Å²) in [6.45, 7) is 8.30. The molecule has 0 bridgehead atoms. The van der Waals surface area contributed by atoms with Crippen LogP contribution in [-0.4, -0.2) is 66.4 Å². The highest BCUT2D eigenvalue weighted by Crippen LogP contribution is 2.28. The van der Waals surface area contributed by atoms with Gasteiger partial charge in [0, 0.05) is 32.6 Å². The van der Waals surface area contributed by atoms with Gasteiger partial charge in [-0.15, -0.1) is 5.10 Å². The van der Waals surface area contributed by atoms with Crippen LogP contribution in [-0.2, 0) is 29.1 Å². The predicted octanol–water partition coefficient (Wildman–Crippen LogP) is 1.94. The number of carbonyl (C=O) groups is 2. The highest BCUT2D eigenvalue weighted by atomic mass is 16.4. The van der Waals surface area contributed by atoms with Gasteiger partial charge in [0.05, 0.1) is 18.6 Å². The normalized spacial score (nSPS) is 15.6. The molecule has 3 rings (SSSR count). The molecule has 1 aliphatic rings. The first-order valence-corrected chi connectivity index (χ1v) is 11.9. The van der Waals surface area contributed by atoms with E-state index in [9.17, 15) is 14.7 Å². The zero-order chi connectivity index (χ0) is 24.7. The highest BCUT2D eigenvalue weighted by molar-refractivity contribution is 5.76. The van der Waals surface area contributed by atoms with Gasteiger partial charge < -0.3 is 20.4 Å². The van der Waals surface area contributed by atoms with Gasteiger partial charge in [-0.3, -0.25) is 9.59 Å². The lowest BCUT2D eigenvalue weighted by Crippen LogP contribution is -2.36. The number of tetrazole rings is 1. The van der Waals surface area contributed by atoms with Crippen LogP contribution in [0.2, 0.25) is 0 Å². The van der Waals surface area contributed by atoms with Crippen molar-refractivity contribution in [2.24, 2.45) is 5.41 Å². The molecular weight excluding hydrogens is 436 g/mol. The predicted molar refractivity (Wildman–Crippen MR) is 126 cm³/mol. The number of benzene rings is 1. The number of rotatable bonds is 11. The number of aliphatic hydroxyl groups excluding tert-OH is 1. The van der Waals surface area contributed by atoms with Crippen LogP contribution in [0.1, 0.15) is 69.4 Å². The molecule has 2 atom stereocenters. The Bertz CT molecular complexity index is 970. The number of aliphatic carboxylic acids is 1. The lowest BCUT2D eigenvalue weighted by atomic mass is 9.87. The van der Waals surface area contributed by atoms with Crippen molar-refractivity contribution in [2.45, 2.75) is 78.1 Å².